The molecule has 7 rings (SSSR count). The minimum Gasteiger partial charge on any atom is -0.459 e. The van der Waals surface area contributed by atoms with Gasteiger partial charge in [-0.1, -0.05) is 53.0 Å². The lowest BCUT2D eigenvalue weighted by molar-refractivity contribution is -0.143. The van der Waals surface area contributed by atoms with Gasteiger partial charge in [0, 0.05) is 19.0 Å². The van der Waals surface area contributed by atoms with Gasteiger partial charge in [0.05, 0.1) is 22.4 Å². The van der Waals surface area contributed by atoms with Gasteiger partial charge >= 0.3 is 6.09 Å². The molecule has 17 heteroatoms. The highest BCUT2D eigenvalue weighted by molar-refractivity contribution is 7.91. The number of imidazole rings is 1. The average Bonchev–Trinajstić information content (AvgIpc) is 4.10. The quantitative estimate of drug-likeness (QED) is 0.333. The second-order valence-corrected chi connectivity index (χ2v) is 22.3. The van der Waals surface area contributed by atoms with Crippen molar-refractivity contribution < 1.29 is 41.9 Å². The molecule has 1 aromatic carbocycles. The van der Waals surface area contributed by atoms with Crippen LogP contribution in [0.4, 0.5) is 4.79 Å². The van der Waals surface area contributed by atoms with Crippen molar-refractivity contribution in [2.45, 2.75) is 160 Å². The zero-order valence-corrected chi connectivity index (χ0v) is 37.3. The van der Waals surface area contributed by atoms with Gasteiger partial charge < -0.3 is 30.3 Å². The number of nitrogens with one attached hydrogen (secondary N) is 4. The molecule has 2 spiro atoms. The van der Waals surface area contributed by atoms with Crippen molar-refractivity contribution >= 4 is 50.8 Å². The molecule has 7 atom stereocenters. The van der Waals surface area contributed by atoms with Crippen LogP contribution in [0.1, 0.15) is 137 Å². The minimum atomic E-state index is -4.08. The SMILES string of the molecule is CC[C@@H]1C[C@@]12NC(=O)[C@@H]1C[C@H](CN1C(=O)[C@@H](NC(=O)OC(C)(C)C)C(C)(C)C)Oc1nc3c(cccc3n1C(C)C)C(=O)NCC1CC1CCCC1(CC1)S(=O)(=O)NC2=O. The fraction of sp³-hybridized carbons (Fsp3) is 0.721. The Balaban J connectivity index is 1.26. The molecule has 3 aliphatic carbocycles. The highest BCUT2D eigenvalue weighted by Crippen LogP contribution is 2.51. The van der Waals surface area contributed by atoms with Gasteiger partial charge in [0.2, 0.25) is 21.8 Å². The van der Waals surface area contributed by atoms with Crippen LogP contribution in [-0.4, -0.2) is 99.8 Å². The number of amides is 5. The number of aromatic nitrogens is 2. The summed E-state index contributed by atoms with van der Waals surface area (Å²) in [6, 6.07) is 3.16. The molecule has 5 amide bonds. The van der Waals surface area contributed by atoms with Crippen molar-refractivity contribution in [2.24, 2.45) is 23.2 Å². The molecule has 4 bridgehead atoms. The third-order valence-corrected chi connectivity index (χ3v) is 15.3. The fourth-order valence-corrected chi connectivity index (χ4v) is 11.0. The molecule has 2 aliphatic heterocycles. The van der Waals surface area contributed by atoms with E-state index in [4.69, 9.17) is 14.5 Å². The van der Waals surface area contributed by atoms with Gasteiger partial charge in [-0.25, -0.2) is 13.2 Å². The van der Waals surface area contributed by atoms with Gasteiger partial charge in [0.1, 0.15) is 34.8 Å². The van der Waals surface area contributed by atoms with E-state index in [0.717, 1.165) is 12.8 Å². The molecule has 330 valence electrons. The lowest BCUT2D eigenvalue weighted by atomic mass is 9.85. The minimum absolute atomic E-state index is 0.00598. The summed E-state index contributed by atoms with van der Waals surface area (Å²) in [5, 5.41) is 8.76. The highest BCUT2D eigenvalue weighted by Gasteiger charge is 2.64. The number of alkyl carbamates (subject to hydrolysis) is 1. The lowest BCUT2D eigenvalue weighted by Crippen LogP contribution is -2.60. The number of nitrogens with zero attached hydrogens (tertiary/aromatic N) is 3. The van der Waals surface area contributed by atoms with Crippen LogP contribution in [0.2, 0.25) is 0 Å². The van der Waals surface area contributed by atoms with Crippen LogP contribution < -0.4 is 25.4 Å². The largest absolute Gasteiger partial charge is 0.459 e. The molecule has 60 heavy (non-hydrogen) atoms. The molecule has 4 N–H and O–H groups in total. The number of hydrogen-bond acceptors (Lipinski definition) is 10. The summed E-state index contributed by atoms with van der Waals surface area (Å²) in [6.45, 7) is 16.7. The van der Waals surface area contributed by atoms with E-state index in [1.807, 2.05) is 31.4 Å². The van der Waals surface area contributed by atoms with Crippen LogP contribution in [-0.2, 0) is 29.1 Å². The smallest absolute Gasteiger partial charge is 0.408 e. The van der Waals surface area contributed by atoms with Crippen LogP contribution in [0.5, 0.6) is 6.01 Å². The van der Waals surface area contributed by atoms with E-state index in [-0.39, 0.29) is 49.2 Å². The third kappa shape index (κ3) is 8.56. The molecular weight excluding hydrogens is 791 g/mol. The molecule has 3 heterocycles. The Morgan fingerprint density at radius 1 is 1.05 bits per heavy atom. The summed E-state index contributed by atoms with van der Waals surface area (Å²) >= 11 is 0. The molecule has 1 saturated heterocycles. The highest BCUT2D eigenvalue weighted by atomic mass is 32.2. The van der Waals surface area contributed by atoms with Crippen molar-refractivity contribution in [3.8, 4) is 6.01 Å². The molecule has 3 saturated carbocycles. The lowest BCUT2D eigenvalue weighted by Gasteiger charge is -2.36. The predicted octanol–water partition coefficient (Wildman–Crippen LogP) is 4.72. The van der Waals surface area contributed by atoms with Crippen LogP contribution in [0.25, 0.3) is 11.0 Å². The van der Waals surface area contributed by atoms with E-state index < -0.39 is 73.3 Å². The Hall–Kier alpha value is -4.41. The van der Waals surface area contributed by atoms with E-state index in [2.05, 4.69) is 20.7 Å². The molecule has 5 aliphatic rings. The number of benzene rings is 1. The third-order valence-electron chi connectivity index (χ3n) is 13.1. The van der Waals surface area contributed by atoms with E-state index in [0.29, 0.717) is 61.2 Å². The monoisotopic (exact) mass is 853 g/mol. The number of rotatable bonds is 4. The van der Waals surface area contributed by atoms with Gasteiger partial charge in [0.15, 0.2) is 0 Å². The fourth-order valence-electron chi connectivity index (χ4n) is 9.27. The van der Waals surface area contributed by atoms with Gasteiger partial charge in [-0.2, -0.15) is 4.98 Å². The van der Waals surface area contributed by atoms with Crippen molar-refractivity contribution in [3.63, 3.8) is 0 Å². The summed E-state index contributed by atoms with van der Waals surface area (Å²) in [6.07, 6.45) is 2.90. The van der Waals surface area contributed by atoms with Gasteiger partial charge in [-0.3, -0.25) is 28.5 Å². The van der Waals surface area contributed by atoms with Crippen LogP contribution in [0, 0.1) is 23.2 Å². The zero-order chi connectivity index (χ0) is 43.7. The Morgan fingerprint density at radius 3 is 2.38 bits per heavy atom. The second-order valence-electron chi connectivity index (χ2n) is 20.2. The summed E-state index contributed by atoms with van der Waals surface area (Å²) in [5.41, 5.74) is -1.62. The number of hydrogen-bond donors (Lipinski definition) is 4. The van der Waals surface area contributed by atoms with Crippen LogP contribution in [0.3, 0.4) is 0 Å². The Bertz CT molecular complexity index is 2170. The first-order chi connectivity index (χ1) is 28.0. The zero-order valence-electron chi connectivity index (χ0n) is 36.5. The van der Waals surface area contributed by atoms with Gasteiger partial charge in [0.25, 0.3) is 17.8 Å². The van der Waals surface area contributed by atoms with Crippen LogP contribution in [0.15, 0.2) is 18.2 Å². The Labute approximate surface area is 353 Å². The molecule has 1 aromatic heterocycles. The molecule has 2 aromatic rings. The number of para-hydroxylation sites is 1. The van der Waals surface area contributed by atoms with E-state index in [1.54, 1.807) is 53.7 Å². The first-order valence-corrected chi connectivity index (χ1v) is 23.1. The number of fused-ring (bicyclic) bond motifs is 4. The van der Waals surface area contributed by atoms with Gasteiger partial charge in [-0.15, -0.1) is 0 Å². The Kier molecular flexibility index (Phi) is 11.3. The summed E-state index contributed by atoms with van der Waals surface area (Å²) in [7, 11) is -4.08. The van der Waals surface area contributed by atoms with Crippen molar-refractivity contribution in [2.75, 3.05) is 13.1 Å². The standard InChI is InChI=1S/C43H63N7O9S/c1-10-27-21-43(27)37(54)48-60(56,57)42(17-18-42)16-12-13-25-19-26(25)22-44-34(51)29-14-11-15-30-32(29)45-38(50(30)24(2)3)58-28-20-31(35(52)47-43)49(23-28)36(53)33(40(4,5)6)46-39(55)59-41(7,8)9/h11,14-15,24-28,31,33H,10,12-13,16-23H2,1-9H3,(H,44,51)(H,46,55)(H,47,52)(H,48,54)/t25?,26?,27-,28-,31+,33-,43-/m1/s1. The maximum Gasteiger partial charge on any atom is 0.408 e. The van der Waals surface area contributed by atoms with E-state index in [1.165, 1.54) is 4.90 Å². The maximum absolute atomic E-state index is 14.8. The number of ether oxygens (including phenoxy) is 2. The predicted molar refractivity (Wildman–Crippen MR) is 223 cm³/mol. The molecule has 4 fully saturated rings. The second kappa shape index (κ2) is 15.5. The summed E-state index contributed by atoms with van der Waals surface area (Å²) in [5.74, 6) is -1.89. The first-order valence-electron chi connectivity index (χ1n) is 21.6. The molecule has 16 nitrogen and oxygen atoms in total. The average molecular weight is 854 g/mol. The van der Waals surface area contributed by atoms with E-state index in [9.17, 15) is 32.4 Å². The summed E-state index contributed by atoms with van der Waals surface area (Å²) < 4.78 is 43.2. The number of sulfonamides is 1. The number of carbonyl (C=O) groups is 5. The Morgan fingerprint density at radius 2 is 1.77 bits per heavy atom. The molecular formula is C43H63N7O9S. The number of carbonyl (C=O) groups excluding carboxylic acids is 5. The normalized spacial score (nSPS) is 29.6. The topological polar surface area (TPSA) is 207 Å². The summed E-state index contributed by atoms with van der Waals surface area (Å²) in [4.78, 5) is 76.6. The first kappa shape index (κ1) is 43.7. The molecule has 0 radical (unpaired) electrons. The maximum atomic E-state index is 14.8. The van der Waals surface area contributed by atoms with E-state index >= 15 is 0 Å². The van der Waals surface area contributed by atoms with Crippen LogP contribution >= 0.6 is 0 Å². The van der Waals surface area contributed by atoms with Crippen molar-refractivity contribution in [1.29, 1.82) is 0 Å². The van der Waals surface area contributed by atoms with Crippen molar-refractivity contribution in [1.82, 2.24) is 35.1 Å². The van der Waals surface area contributed by atoms with Crippen molar-refractivity contribution in [3.05, 3.63) is 23.8 Å². The van der Waals surface area contributed by atoms with Gasteiger partial charge in [-0.05, 0) is 102 Å². The number of likely N-dealkylation sites (tertiary alicyclic amines) is 1. The molecule has 2 unspecified atom stereocenters.